The molecule has 0 aliphatic carbocycles. The highest BCUT2D eigenvalue weighted by molar-refractivity contribution is 7.97. The fourth-order valence-corrected chi connectivity index (χ4v) is 5.76. The van der Waals surface area contributed by atoms with Gasteiger partial charge in [-0.05, 0) is 6.42 Å². The van der Waals surface area contributed by atoms with Crippen molar-refractivity contribution in [1.29, 1.82) is 0 Å². The molecule has 0 amide bonds. The van der Waals surface area contributed by atoms with Gasteiger partial charge in [-0.15, -0.1) is 4.33 Å². The first-order chi connectivity index (χ1) is 12.3. The number of aliphatic hydroxyl groups excluding tert-OH is 7. The van der Waals surface area contributed by atoms with E-state index >= 15 is 0 Å². The summed E-state index contributed by atoms with van der Waals surface area (Å²) >= 11 is 0.0278. The van der Waals surface area contributed by atoms with Crippen LogP contribution in [0.25, 0.3) is 0 Å². The van der Waals surface area contributed by atoms with Gasteiger partial charge in [-0.3, -0.25) is 9.22 Å². The van der Waals surface area contributed by atoms with E-state index in [1.165, 1.54) is 0 Å². The Morgan fingerprint density at radius 1 is 1.15 bits per heavy atom. The van der Waals surface area contributed by atoms with Crippen LogP contribution in [0.15, 0.2) is 0 Å². The zero-order valence-electron chi connectivity index (χ0n) is 14.0. The Morgan fingerprint density at radius 2 is 1.81 bits per heavy atom. The summed E-state index contributed by atoms with van der Waals surface area (Å²) in [6.45, 7) is 1.17. The maximum absolute atomic E-state index is 10.4. The van der Waals surface area contributed by atoms with Crippen LogP contribution >= 0.6 is 12.3 Å². The van der Waals surface area contributed by atoms with Gasteiger partial charge in [0.2, 0.25) is 0 Å². The lowest BCUT2D eigenvalue weighted by Crippen LogP contribution is -2.52. The highest BCUT2D eigenvalue weighted by Gasteiger charge is 2.51. The molecule has 0 radical (unpaired) electrons. The summed E-state index contributed by atoms with van der Waals surface area (Å²) < 4.78 is 8.90. The average Bonchev–Trinajstić information content (AvgIpc) is 2.89. The molecule has 7 N–H and O–H groups in total. The van der Waals surface area contributed by atoms with Gasteiger partial charge in [0.15, 0.2) is 17.6 Å². The minimum absolute atomic E-state index is 0.0278. The molecule has 0 saturated carbocycles. The quantitative estimate of drug-likeness (QED) is 0.0527. The predicted molar refractivity (Wildman–Crippen MR) is 88.9 cm³/mol. The van der Waals surface area contributed by atoms with E-state index in [1.807, 2.05) is 0 Å². The number of rotatable bonds is 12. The Hall–Kier alpha value is 0.260. The van der Waals surface area contributed by atoms with Crippen molar-refractivity contribution in [1.82, 2.24) is 0 Å². The minimum Gasteiger partial charge on any atom is -0.691 e. The van der Waals surface area contributed by atoms with Gasteiger partial charge in [-0.25, -0.2) is 0 Å². The molecular formula is C13H26O11S2. The Bertz CT molecular complexity index is 393. The fourth-order valence-electron chi connectivity index (χ4n) is 2.69. The highest BCUT2D eigenvalue weighted by Crippen LogP contribution is 2.27. The number of hydrogen-bond acceptors (Lipinski definition) is 12. The van der Waals surface area contributed by atoms with Crippen LogP contribution < -0.4 is 5.26 Å². The van der Waals surface area contributed by atoms with Gasteiger partial charge in [-0.1, -0.05) is 6.92 Å². The molecule has 1 aliphatic rings. The Kier molecular flexibility index (Phi) is 11.2. The molecule has 0 bridgehead atoms. The van der Waals surface area contributed by atoms with Crippen LogP contribution in [0.3, 0.4) is 0 Å². The van der Waals surface area contributed by atoms with E-state index in [9.17, 15) is 41.0 Å². The molecule has 1 heterocycles. The predicted octanol–water partition coefficient (Wildman–Crippen LogP) is -4.27. The van der Waals surface area contributed by atoms with Gasteiger partial charge in [0.05, 0.1) is 12.7 Å². The molecule has 1 aliphatic heterocycles. The SMILES string of the molecule is CCC(O)C(O)C(O)C(OSOO[O-])C(O)C[S+]1CC(O)C(O)C1CO. The molecule has 1 rings (SSSR count). The molecule has 0 spiro atoms. The van der Waals surface area contributed by atoms with Crippen LogP contribution in [0.5, 0.6) is 0 Å². The standard InChI is InChI=1S/C13H26O11S2/c1-2-6(15)11(19)12(20)13(22-25-24-23-21)8(17)5-26-4-7(16)10(18)9(26)3-14/h6-20H,2-5H2,1H3. The van der Waals surface area contributed by atoms with Crippen LogP contribution in [0.2, 0.25) is 0 Å². The van der Waals surface area contributed by atoms with Gasteiger partial charge >= 0.3 is 0 Å². The lowest BCUT2D eigenvalue weighted by atomic mass is 9.99. The first-order valence-electron chi connectivity index (χ1n) is 7.92. The van der Waals surface area contributed by atoms with E-state index in [-0.39, 0.29) is 30.3 Å². The van der Waals surface area contributed by atoms with Crippen LogP contribution in [0, 0.1) is 0 Å². The summed E-state index contributed by atoms with van der Waals surface area (Å²) in [4.78, 5) is 0. The van der Waals surface area contributed by atoms with Crippen molar-refractivity contribution in [3.63, 3.8) is 0 Å². The van der Waals surface area contributed by atoms with Crippen molar-refractivity contribution in [2.75, 3.05) is 18.1 Å². The molecule has 0 aromatic heterocycles. The lowest BCUT2D eigenvalue weighted by Gasteiger charge is -2.30. The second-order valence-electron chi connectivity index (χ2n) is 5.94. The van der Waals surface area contributed by atoms with Gasteiger partial charge in [0.25, 0.3) is 0 Å². The fraction of sp³-hybridized carbons (Fsp3) is 1.00. The lowest BCUT2D eigenvalue weighted by molar-refractivity contribution is -0.777. The maximum atomic E-state index is 10.4. The molecular weight excluding hydrogens is 396 g/mol. The normalized spacial score (nSPS) is 32.2. The maximum Gasteiger partial charge on any atom is 0.194 e. The molecule has 1 saturated heterocycles. The summed E-state index contributed by atoms with van der Waals surface area (Å²) in [5, 5.41) is 81.5. The van der Waals surface area contributed by atoms with E-state index in [4.69, 9.17) is 4.18 Å². The molecule has 1 fully saturated rings. The molecule has 0 aromatic rings. The third-order valence-electron chi connectivity index (χ3n) is 4.24. The van der Waals surface area contributed by atoms with Crippen LogP contribution in [-0.4, -0.2) is 102 Å². The summed E-state index contributed by atoms with van der Waals surface area (Å²) in [6.07, 6.45) is -9.66. The van der Waals surface area contributed by atoms with Crippen molar-refractivity contribution in [2.24, 2.45) is 0 Å². The van der Waals surface area contributed by atoms with E-state index in [0.29, 0.717) is 0 Å². The van der Waals surface area contributed by atoms with E-state index in [0.717, 1.165) is 0 Å². The number of aliphatic hydroxyl groups is 7. The second-order valence-corrected chi connectivity index (χ2v) is 8.75. The van der Waals surface area contributed by atoms with Gasteiger partial charge in [-0.2, -0.15) is 0 Å². The molecule has 0 aromatic carbocycles. The molecule has 156 valence electrons. The Balaban J connectivity index is 2.81. The molecule has 9 unspecified atom stereocenters. The first kappa shape index (κ1) is 24.3. The van der Waals surface area contributed by atoms with Crippen molar-refractivity contribution in [3.8, 4) is 0 Å². The summed E-state index contributed by atoms with van der Waals surface area (Å²) in [7, 11) is -0.804. The largest absolute Gasteiger partial charge is 0.691 e. The molecule has 9 atom stereocenters. The van der Waals surface area contributed by atoms with E-state index < -0.39 is 65.5 Å². The summed E-state index contributed by atoms with van der Waals surface area (Å²) in [6, 6.07) is 0. The summed E-state index contributed by atoms with van der Waals surface area (Å²) in [5.74, 6) is 0.0640. The van der Waals surface area contributed by atoms with Crippen molar-refractivity contribution in [2.45, 2.75) is 61.3 Å². The number of hydrogen-bond donors (Lipinski definition) is 7. The van der Waals surface area contributed by atoms with Crippen LogP contribution in [-0.2, 0) is 24.5 Å². The van der Waals surface area contributed by atoms with Crippen molar-refractivity contribution >= 4 is 23.2 Å². The van der Waals surface area contributed by atoms with Crippen LogP contribution in [0.4, 0.5) is 0 Å². The van der Waals surface area contributed by atoms with E-state index in [1.54, 1.807) is 6.92 Å². The van der Waals surface area contributed by atoms with E-state index in [2.05, 4.69) is 9.37 Å². The van der Waals surface area contributed by atoms with Crippen LogP contribution in [0.1, 0.15) is 13.3 Å². The third-order valence-corrected chi connectivity index (χ3v) is 7.47. The Labute approximate surface area is 157 Å². The monoisotopic (exact) mass is 422 g/mol. The van der Waals surface area contributed by atoms with Crippen molar-refractivity contribution in [3.05, 3.63) is 0 Å². The van der Waals surface area contributed by atoms with Gasteiger partial charge in [0, 0.05) is 10.9 Å². The van der Waals surface area contributed by atoms with Crippen molar-refractivity contribution < 1.29 is 54.6 Å². The molecule has 11 nitrogen and oxygen atoms in total. The summed E-state index contributed by atoms with van der Waals surface area (Å²) in [5.41, 5.74) is 0. The zero-order valence-corrected chi connectivity index (χ0v) is 15.7. The third kappa shape index (κ3) is 6.41. The smallest absolute Gasteiger partial charge is 0.194 e. The Morgan fingerprint density at radius 3 is 2.35 bits per heavy atom. The van der Waals surface area contributed by atoms with Gasteiger partial charge < -0.3 is 41.0 Å². The topological polar surface area (TPSA) is 192 Å². The average molecular weight is 422 g/mol. The first-order valence-corrected chi connectivity index (χ1v) is 10.2. The molecule has 26 heavy (non-hydrogen) atoms. The highest BCUT2D eigenvalue weighted by atomic mass is 32.2. The molecule has 13 heteroatoms. The zero-order chi connectivity index (χ0) is 19.9. The van der Waals surface area contributed by atoms with Gasteiger partial charge in [0.1, 0.15) is 48.1 Å². The second kappa shape index (κ2) is 12.0. The minimum atomic E-state index is -1.74.